The van der Waals surface area contributed by atoms with Crippen molar-refractivity contribution in [1.82, 2.24) is 0 Å². The van der Waals surface area contributed by atoms with Crippen molar-refractivity contribution in [2.75, 3.05) is 0 Å². The number of allylic oxidation sites excluding steroid dienone is 8. The van der Waals surface area contributed by atoms with Gasteiger partial charge in [0.2, 0.25) is 0 Å². The average molecular weight is 348 g/mol. The number of hydrogen-bond acceptors (Lipinski definition) is 0. The van der Waals surface area contributed by atoms with Crippen molar-refractivity contribution in [3.05, 3.63) is 47.6 Å². The van der Waals surface area contributed by atoms with Gasteiger partial charge in [0.25, 0.3) is 0 Å². The van der Waals surface area contributed by atoms with Crippen LogP contribution in [-0.4, -0.2) is 0 Å². The van der Waals surface area contributed by atoms with Crippen LogP contribution in [0.1, 0.15) is 67.2 Å². The van der Waals surface area contributed by atoms with Gasteiger partial charge >= 0.3 is 19.5 Å². The molecule has 0 amide bonds. The maximum absolute atomic E-state index is 3.26. The third-order valence-corrected chi connectivity index (χ3v) is 2.31. The zero-order valence-corrected chi connectivity index (χ0v) is 15.2. The van der Waals surface area contributed by atoms with Crippen LogP contribution < -0.4 is 0 Å². The molecule has 0 atom stereocenters. The first-order chi connectivity index (χ1) is 8.69. The molecule has 0 fully saturated rings. The van der Waals surface area contributed by atoms with Gasteiger partial charge in [0.05, 0.1) is 0 Å². The molecular formula is C18H30Ru. The smallest absolute Gasteiger partial charge is 0.272 e. The zero-order chi connectivity index (χ0) is 14.2. The van der Waals surface area contributed by atoms with Crippen molar-refractivity contribution in [1.29, 1.82) is 0 Å². The SMILES string of the molecule is CC=CC(=[C-]CC)CC.CC=CC(=[C-]CC)CC.[Ru+2]. The van der Waals surface area contributed by atoms with Gasteiger partial charge in [0, 0.05) is 0 Å². The molecule has 0 nitrogen and oxygen atoms in total. The van der Waals surface area contributed by atoms with Crippen molar-refractivity contribution < 1.29 is 19.5 Å². The third-order valence-electron chi connectivity index (χ3n) is 2.31. The second-order valence-corrected chi connectivity index (χ2v) is 3.82. The van der Waals surface area contributed by atoms with Gasteiger partial charge < -0.3 is 0 Å². The summed E-state index contributed by atoms with van der Waals surface area (Å²) in [6.07, 6.45) is 19.1. The maximum atomic E-state index is 3.26. The van der Waals surface area contributed by atoms with E-state index in [9.17, 15) is 0 Å². The van der Waals surface area contributed by atoms with Gasteiger partial charge in [0.15, 0.2) is 0 Å². The molecule has 0 unspecified atom stereocenters. The fraction of sp³-hybridized carbons (Fsp3) is 0.556. The van der Waals surface area contributed by atoms with Crippen LogP contribution in [0, 0.1) is 12.2 Å². The van der Waals surface area contributed by atoms with E-state index in [0.29, 0.717) is 0 Å². The van der Waals surface area contributed by atoms with Crippen LogP contribution >= 0.6 is 0 Å². The summed E-state index contributed by atoms with van der Waals surface area (Å²) in [6, 6.07) is 0. The molecular weight excluding hydrogens is 317 g/mol. The standard InChI is InChI=1S/2C9H15.Ru/c2*1-4-7-9(6-3)8-5-2;/h2*4,7H,5-6H2,1-3H3;/q2*-1;+2. The van der Waals surface area contributed by atoms with Crippen molar-refractivity contribution in [2.24, 2.45) is 0 Å². The summed E-state index contributed by atoms with van der Waals surface area (Å²) in [5, 5.41) is 0. The molecule has 0 rings (SSSR count). The van der Waals surface area contributed by atoms with Crippen LogP contribution in [0.5, 0.6) is 0 Å². The summed E-state index contributed by atoms with van der Waals surface area (Å²) in [6.45, 7) is 12.6. The second-order valence-electron chi connectivity index (χ2n) is 3.82. The van der Waals surface area contributed by atoms with Gasteiger partial charge in [-0.25, -0.2) is 23.3 Å². The fourth-order valence-corrected chi connectivity index (χ4v) is 1.46. The Labute approximate surface area is 134 Å². The molecule has 0 spiro atoms. The minimum absolute atomic E-state index is 0. The van der Waals surface area contributed by atoms with E-state index in [2.05, 4.69) is 64.2 Å². The molecule has 0 aliphatic carbocycles. The molecule has 0 saturated heterocycles. The van der Waals surface area contributed by atoms with Gasteiger partial charge in [-0.1, -0.05) is 54.4 Å². The number of rotatable bonds is 6. The van der Waals surface area contributed by atoms with E-state index in [1.165, 1.54) is 11.1 Å². The molecule has 0 radical (unpaired) electrons. The van der Waals surface area contributed by atoms with Crippen LogP contribution in [0.3, 0.4) is 0 Å². The summed E-state index contributed by atoms with van der Waals surface area (Å²) in [7, 11) is 0. The normalized spacial score (nSPS) is 12.3. The van der Waals surface area contributed by atoms with Crippen LogP contribution in [0.4, 0.5) is 0 Å². The van der Waals surface area contributed by atoms with Crippen molar-refractivity contribution in [2.45, 2.75) is 67.2 Å². The van der Waals surface area contributed by atoms with Gasteiger partial charge in [-0.2, -0.15) is 12.2 Å². The first-order valence-corrected chi connectivity index (χ1v) is 7.14. The molecule has 0 aliphatic rings. The van der Waals surface area contributed by atoms with E-state index in [1.54, 1.807) is 0 Å². The van der Waals surface area contributed by atoms with Crippen LogP contribution in [0.2, 0.25) is 0 Å². The second kappa shape index (κ2) is 19.9. The maximum Gasteiger partial charge on any atom is 2.00 e. The van der Waals surface area contributed by atoms with E-state index in [1.807, 2.05) is 13.8 Å². The van der Waals surface area contributed by atoms with Crippen molar-refractivity contribution in [3.63, 3.8) is 0 Å². The summed E-state index contributed by atoms with van der Waals surface area (Å²) in [5.41, 5.74) is 2.64. The summed E-state index contributed by atoms with van der Waals surface area (Å²) < 4.78 is 0. The summed E-state index contributed by atoms with van der Waals surface area (Å²) in [5.74, 6) is 0. The Hall–Kier alpha value is -0.417. The quantitative estimate of drug-likeness (QED) is 0.304. The van der Waals surface area contributed by atoms with E-state index in [-0.39, 0.29) is 19.5 Å². The predicted octanol–water partition coefficient (Wildman–Crippen LogP) is 6.22. The van der Waals surface area contributed by atoms with E-state index < -0.39 is 0 Å². The Balaban J connectivity index is -0.000000256. The molecule has 0 aliphatic heterocycles. The van der Waals surface area contributed by atoms with E-state index in [4.69, 9.17) is 0 Å². The van der Waals surface area contributed by atoms with Crippen LogP contribution in [-0.2, 0) is 19.5 Å². The Morgan fingerprint density at radius 2 is 1.05 bits per heavy atom. The van der Waals surface area contributed by atoms with Gasteiger partial charge in [-0.3, -0.25) is 12.2 Å². The topological polar surface area (TPSA) is 0 Å². The molecule has 0 saturated carbocycles. The Morgan fingerprint density at radius 1 is 0.737 bits per heavy atom. The molecule has 1 heteroatoms. The molecule has 0 aromatic carbocycles. The molecule has 19 heavy (non-hydrogen) atoms. The Morgan fingerprint density at radius 3 is 1.21 bits per heavy atom. The number of hydrogen-bond donors (Lipinski definition) is 0. The molecule has 0 bridgehead atoms. The summed E-state index contributed by atoms with van der Waals surface area (Å²) >= 11 is 0. The van der Waals surface area contributed by atoms with Gasteiger partial charge in [-0.15, -0.1) is 12.8 Å². The summed E-state index contributed by atoms with van der Waals surface area (Å²) in [4.78, 5) is 0. The predicted molar refractivity (Wildman–Crippen MR) is 84.3 cm³/mol. The Kier molecular flexibility index (Phi) is 24.8. The molecule has 0 N–H and O–H groups in total. The van der Waals surface area contributed by atoms with Gasteiger partial charge in [-0.05, 0) is 0 Å². The first kappa shape index (κ1) is 23.7. The Bertz CT molecular complexity index is 250. The van der Waals surface area contributed by atoms with Gasteiger partial charge in [0.1, 0.15) is 0 Å². The molecule has 0 aromatic heterocycles. The van der Waals surface area contributed by atoms with Crippen molar-refractivity contribution >= 4 is 0 Å². The molecule has 0 aromatic rings. The zero-order valence-electron chi connectivity index (χ0n) is 13.5. The largest absolute Gasteiger partial charge is 2.00 e. The minimum atomic E-state index is 0. The van der Waals surface area contributed by atoms with Crippen LogP contribution in [0.25, 0.3) is 0 Å². The van der Waals surface area contributed by atoms with Crippen molar-refractivity contribution in [3.8, 4) is 0 Å². The average Bonchev–Trinajstić information content (AvgIpc) is 2.39. The van der Waals surface area contributed by atoms with E-state index in [0.717, 1.165) is 25.7 Å². The monoisotopic (exact) mass is 348 g/mol. The third kappa shape index (κ3) is 17.6. The molecule has 0 heterocycles. The van der Waals surface area contributed by atoms with Crippen LogP contribution in [0.15, 0.2) is 35.5 Å². The first-order valence-electron chi connectivity index (χ1n) is 7.14. The molecule has 110 valence electrons. The van der Waals surface area contributed by atoms with E-state index >= 15 is 0 Å². The minimum Gasteiger partial charge on any atom is -0.272 e. The fourth-order valence-electron chi connectivity index (χ4n) is 1.46.